The minimum absolute atomic E-state index is 0.105. The number of carbonyl (C=O) groups excluding carboxylic acids is 1. The van der Waals surface area contributed by atoms with E-state index in [0.717, 1.165) is 46.7 Å². The van der Waals surface area contributed by atoms with Crippen LogP contribution in [0.15, 0.2) is 29.6 Å². The Balaban J connectivity index is 1.73. The molecule has 0 saturated heterocycles. The van der Waals surface area contributed by atoms with Crippen molar-refractivity contribution in [3.05, 3.63) is 56.8 Å². The van der Waals surface area contributed by atoms with E-state index in [1.807, 2.05) is 51.5 Å². The Morgan fingerprint density at radius 2 is 1.81 bits per heavy atom. The van der Waals surface area contributed by atoms with Crippen molar-refractivity contribution >= 4 is 34.0 Å². The summed E-state index contributed by atoms with van der Waals surface area (Å²) < 4.78 is 0. The van der Waals surface area contributed by atoms with Gasteiger partial charge in [0.05, 0.1) is 10.4 Å². The van der Waals surface area contributed by atoms with Crippen molar-refractivity contribution in [2.45, 2.75) is 32.7 Å². The maximum Gasteiger partial charge on any atom is 0.264 e. The molecule has 0 radical (unpaired) electrons. The van der Waals surface area contributed by atoms with E-state index in [4.69, 9.17) is 4.98 Å². The molecule has 3 aromatic rings. The second-order valence-electron chi connectivity index (χ2n) is 9.00. The fraction of sp³-hybridized carbons (Fsp3) is 0.440. The van der Waals surface area contributed by atoms with E-state index in [-0.39, 0.29) is 5.91 Å². The van der Waals surface area contributed by atoms with E-state index in [1.165, 1.54) is 34.3 Å². The highest BCUT2D eigenvalue weighted by molar-refractivity contribution is 7.12. The van der Waals surface area contributed by atoms with Crippen molar-refractivity contribution in [3.63, 3.8) is 0 Å². The Hall–Kier alpha value is -2.44. The van der Waals surface area contributed by atoms with Gasteiger partial charge < -0.3 is 14.7 Å². The molecule has 0 saturated carbocycles. The van der Waals surface area contributed by atoms with Crippen LogP contribution in [-0.4, -0.2) is 62.0 Å². The highest BCUT2D eigenvalue weighted by Crippen LogP contribution is 2.30. The first kappa shape index (κ1) is 21.8. The number of pyridine rings is 1. The standard InChI is InChI=1S/C25H32N4OS/c1-17-9-12-31-23(17)25(30)29(11-10-27(2)3)16-21-14-20-13-18-7-6-8-19(18)15-22(20)26-24(21)28(4)5/h9,12-15H,6-8,10-11,16H2,1-5H3. The summed E-state index contributed by atoms with van der Waals surface area (Å²) in [6.07, 6.45) is 3.53. The molecular formula is C25H32N4OS. The number of rotatable bonds is 7. The largest absolute Gasteiger partial charge is 0.362 e. The number of nitrogens with zero attached hydrogens (tertiary/aromatic N) is 4. The van der Waals surface area contributed by atoms with E-state index < -0.39 is 0 Å². The van der Waals surface area contributed by atoms with Crippen molar-refractivity contribution in [2.75, 3.05) is 46.2 Å². The minimum atomic E-state index is 0.105. The monoisotopic (exact) mass is 436 g/mol. The number of amides is 1. The summed E-state index contributed by atoms with van der Waals surface area (Å²) in [5.74, 6) is 1.05. The van der Waals surface area contributed by atoms with Gasteiger partial charge in [0.25, 0.3) is 5.91 Å². The second kappa shape index (κ2) is 8.97. The predicted octanol–water partition coefficient (Wildman–Crippen LogP) is 4.36. The van der Waals surface area contributed by atoms with Gasteiger partial charge in [0.1, 0.15) is 5.82 Å². The molecule has 164 valence electrons. The molecule has 0 bridgehead atoms. The molecule has 0 fully saturated rings. The summed E-state index contributed by atoms with van der Waals surface area (Å²) in [6, 6.07) is 8.83. The van der Waals surface area contributed by atoms with Crippen LogP contribution in [0.1, 0.15) is 38.3 Å². The topological polar surface area (TPSA) is 39.7 Å². The minimum Gasteiger partial charge on any atom is -0.362 e. The van der Waals surface area contributed by atoms with Crippen molar-refractivity contribution in [3.8, 4) is 0 Å². The number of carbonyl (C=O) groups is 1. The van der Waals surface area contributed by atoms with Crippen LogP contribution in [0, 0.1) is 6.92 Å². The molecule has 1 aliphatic rings. The molecule has 6 heteroatoms. The predicted molar refractivity (Wildman–Crippen MR) is 130 cm³/mol. The van der Waals surface area contributed by atoms with Crippen LogP contribution in [0.4, 0.5) is 5.82 Å². The Bertz CT molecular complexity index is 1100. The number of hydrogen-bond acceptors (Lipinski definition) is 5. The van der Waals surface area contributed by atoms with E-state index in [9.17, 15) is 4.79 Å². The van der Waals surface area contributed by atoms with Crippen LogP contribution >= 0.6 is 11.3 Å². The zero-order valence-corrected chi connectivity index (χ0v) is 20.1. The highest BCUT2D eigenvalue weighted by Gasteiger charge is 2.22. The van der Waals surface area contributed by atoms with E-state index in [1.54, 1.807) is 0 Å². The number of aromatic nitrogens is 1. The summed E-state index contributed by atoms with van der Waals surface area (Å²) in [4.78, 5) is 25.4. The summed E-state index contributed by atoms with van der Waals surface area (Å²) in [5, 5.41) is 3.17. The molecule has 1 aromatic carbocycles. The number of thiophene rings is 1. The lowest BCUT2D eigenvalue weighted by atomic mass is 10.0. The Kier molecular flexibility index (Phi) is 6.30. The molecule has 0 aliphatic heterocycles. The summed E-state index contributed by atoms with van der Waals surface area (Å²) >= 11 is 1.53. The van der Waals surface area contributed by atoms with Crippen LogP contribution in [0.3, 0.4) is 0 Å². The van der Waals surface area contributed by atoms with Crippen molar-refractivity contribution in [1.82, 2.24) is 14.8 Å². The Morgan fingerprint density at radius 1 is 1.06 bits per heavy atom. The van der Waals surface area contributed by atoms with Gasteiger partial charge in [-0.15, -0.1) is 11.3 Å². The molecule has 1 aliphatic carbocycles. The molecule has 2 heterocycles. The smallest absolute Gasteiger partial charge is 0.264 e. The zero-order valence-electron chi connectivity index (χ0n) is 19.2. The first-order valence-corrected chi connectivity index (χ1v) is 11.8. The molecule has 1 amide bonds. The average Bonchev–Trinajstić information content (AvgIpc) is 3.36. The van der Waals surface area contributed by atoms with E-state index >= 15 is 0 Å². The maximum absolute atomic E-state index is 13.4. The van der Waals surface area contributed by atoms with Crippen LogP contribution in [-0.2, 0) is 19.4 Å². The van der Waals surface area contributed by atoms with Crippen molar-refractivity contribution in [2.24, 2.45) is 0 Å². The van der Waals surface area contributed by atoms with Gasteiger partial charge in [0, 0.05) is 44.7 Å². The highest BCUT2D eigenvalue weighted by atomic mass is 32.1. The lowest BCUT2D eigenvalue weighted by Gasteiger charge is -2.27. The van der Waals surface area contributed by atoms with Crippen LogP contribution in [0.2, 0.25) is 0 Å². The van der Waals surface area contributed by atoms with Gasteiger partial charge in [-0.2, -0.15) is 0 Å². The van der Waals surface area contributed by atoms with Gasteiger partial charge >= 0.3 is 0 Å². The van der Waals surface area contributed by atoms with Gasteiger partial charge in [-0.1, -0.05) is 0 Å². The average molecular weight is 437 g/mol. The van der Waals surface area contributed by atoms with Gasteiger partial charge in [-0.25, -0.2) is 4.98 Å². The molecule has 2 aromatic heterocycles. The molecule has 31 heavy (non-hydrogen) atoms. The summed E-state index contributed by atoms with van der Waals surface area (Å²) in [7, 11) is 8.14. The number of fused-ring (bicyclic) bond motifs is 2. The van der Waals surface area contributed by atoms with Crippen molar-refractivity contribution < 1.29 is 4.79 Å². The number of hydrogen-bond donors (Lipinski definition) is 0. The van der Waals surface area contributed by atoms with Gasteiger partial charge in [0.15, 0.2) is 0 Å². The maximum atomic E-state index is 13.4. The van der Waals surface area contributed by atoms with E-state index in [2.05, 4.69) is 28.0 Å². The number of benzene rings is 1. The lowest BCUT2D eigenvalue weighted by molar-refractivity contribution is 0.0736. The van der Waals surface area contributed by atoms with Crippen LogP contribution in [0.5, 0.6) is 0 Å². The van der Waals surface area contributed by atoms with Gasteiger partial charge in [-0.05, 0) is 86.6 Å². The fourth-order valence-electron chi connectivity index (χ4n) is 4.30. The molecular weight excluding hydrogens is 404 g/mol. The number of aryl methyl sites for hydroxylation is 3. The third-order valence-corrected chi connectivity index (χ3v) is 7.03. The molecule has 0 spiro atoms. The zero-order chi connectivity index (χ0) is 22.1. The quantitative estimate of drug-likeness (QED) is 0.552. The normalized spacial score (nSPS) is 13.1. The molecule has 4 rings (SSSR count). The lowest BCUT2D eigenvalue weighted by Crippen LogP contribution is -2.36. The summed E-state index contributed by atoms with van der Waals surface area (Å²) in [6.45, 7) is 4.06. The van der Waals surface area contributed by atoms with Crippen molar-refractivity contribution in [1.29, 1.82) is 0 Å². The third kappa shape index (κ3) is 4.60. The first-order chi connectivity index (χ1) is 14.8. The van der Waals surface area contributed by atoms with Gasteiger partial charge in [0.2, 0.25) is 0 Å². The Labute approximate surface area is 189 Å². The molecule has 5 nitrogen and oxygen atoms in total. The third-order valence-electron chi connectivity index (χ3n) is 6.03. The number of likely N-dealkylation sites (N-methyl/N-ethyl adjacent to an activating group) is 1. The Morgan fingerprint density at radius 3 is 2.45 bits per heavy atom. The van der Waals surface area contributed by atoms with E-state index in [0.29, 0.717) is 13.1 Å². The SMILES string of the molecule is Cc1ccsc1C(=O)N(CCN(C)C)Cc1cc2cc3c(cc2nc1N(C)C)CCC3. The summed E-state index contributed by atoms with van der Waals surface area (Å²) in [5.41, 5.74) is 6.08. The fourth-order valence-corrected chi connectivity index (χ4v) is 5.19. The number of anilines is 1. The molecule has 0 unspecified atom stereocenters. The van der Waals surface area contributed by atoms with Crippen LogP contribution in [0.25, 0.3) is 10.9 Å². The van der Waals surface area contributed by atoms with Crippen LogP contribution < -0.4 is 4.90 Å². The second-order valence-corrected chi connectivity index (χ2v) is 9.91. The molecule has 0 atom stereocenters. The molecule has 0 N–H and O–H groups in total. The first-order valence-electron chi connectivity index (χ1n) is 10.9. The van der Waals surface area contributed by atoms with Gasteiger partial charge in [-0.3, -0.25) is 4.79 Å².